The van der Waals surface area contributed by atoms with E-state index in [1.165, 1.54) is 4.88 Å². The van der Waals surface area contributed by atoms with Gasteiger partial charge in [0.05, 0.1) is 7.11 Å². The average Bonchev–Trinajstić information content (AvgIpc) is 3.14. The highest BCUT2D eigenvalue weighted by atomic mass is 32.1. The molecule has 132 valence electrons. The minimum Gasteiger partial charge on any atom is -0.497 e. The number of nitrogens with one attached hydrogen (secondary N) is 1. The Kier molecular flexibility index (Phi) is 5.55. The van der Waals surface area contributed by atoms with Crippen molar-refractivity contribution in [1.29, 1.82) is 5.26 Å². The van der Waals surface area contributed by atoms with Crippen LogP contribution in [0.5, 0.6) is 5.75 Å². The molecule has 0 amide bonds. The van der Waals surface area contributed by atoms with Crippen LogP contribution in [0.2, 0.25) is 0 Å². The highest BCUT2D eigenvalue weighted by Crippen LogP contribution is 2.32. The lowest BCUT2D eigenvalue weighted by atomic mass is 10.0. The SMILES string of the molecule is CCCCc1ccc(-c2cc(-c3ccc(OC)cc3)[nH]c(=O)c2C#N)s1. The minimum atomic E-state index is -0.362. The molecule has 0 saturated carbocycles. The third-order valence-corrected chi connectivity index (χ3v) is 5.43. The summed E-state index contributed by atoms with van der Waals surface area (Å²) in [5, 5.41) is 9.46. The fourth-order valence-corrected chi connectivity index (χ4v) is 3.87. The van der Waals surface area contributed by atoms with Crippen LogP contribution in [0.25, 0.3) is 21.7 Å². The van der Waals surface area contributed by atoms with Gasteiger partial charge in [0.1, 0.15) is 17.4 Å². The number of unbranched alkanes of at least 4 members (excludes halogenated alkanes) is 1. The van der Waals surface area contributed by atoms with Crippen molar-refractivity contribution in [3.8, 4) is 33.5 Å². The first-order chi connectivity index (χ1) is 12.7. The monoisotopic (exact) mass is 364 g/mol. The van der Waals surface area contributed by atoms with E-state index < -0.39 is 0 Å². The molecule has 1 N–H and O–H groups in total. The summed E-state index contributed by atoms with van der Waals surface area (Å²) < 4.78 is 5.18. The first kappa shape index (κ1) is 18.0. The number of aromatic amines is 1. The summed E-state index contributed by atoms with van der Waals surface area (Å²) >= 11 is 1.65. The molecular formula is C21H20N2O2S. The van der Waals surface area contributed by atoms with E-state index in [1.807, 2.05) is 36.4 Å². The standard InChI is InChI=1S/C21H20N2O2S/c1-3-4-5-16-10-11-20(26-16)17-12-19(23-21(24)18(17)13-22)14-6-8-15(25-2)9-7-14/h6-12H,3-5H2,1-2H3,(H,23,24). The summed E-state index contributed by atoms with van der Waals surface area (Å²) in [6.07, 6.45) is 3.30. The van der Waals surface area contributed by atoms with Crippen LogP contribution >= 0.6 is 11.3 Å². The Labute approximate surface area is 156 Å². The number of aromatic nitrogens is 1. The number of rotatable bonds is 6. The van der Waals surface area contributed by atoms with Crippen molar-refractivity contribution >= 4 is 11.3 Å². The van der Waals surface area contributed by atoms with Crippen molar-refractivity contribution in [2.45, 2.75) is 26.2 Å². The maximum atomic E-state index is 12.4. The molecule has 0 fully saturated rings. The van der Waals surface area contributed by atoms with Crippen LogP contribution in [0.1, 0.15) is 30.2 Å². The Balaban J connectivity index is 2.06. The highest BCUT2D eigenvalue weighted by Gasteiger charge is 2.14. The molecule has 0 aliphatic carbocycles. The Bertz CT molecular complexity index is 994. The number of nitriles is 1. The molecular weight excluding hydrogens is 344 g/mol. The molecule has 0 unspecified atom stereocenters. The number of H-pyrrole nitrogens is 1. The molecule has 4 nitrogen and oxygen atoms in total. The van der Waals surface area contributed by atoms with Crippen molar-refractivity contribution < 1.29 is 4.74 Å². The topological polar surface area (TPSA) is 65.9 Å². The van der Waals surface area contributed by atoms with Gasteiger partial charge in [0.2, 0.25) is 0 Å². The minimum absolute atomic E-state index is 0.158. The second-order valence-corrected chi connectivity index (χ2v) is 7.18. The third-order valence-electron chi connectivity index (χ3n) is 4.25. The van der Waals surface area contributed by atoms with Gasteiger partial charge >= 0.3 is 0 Å². The van der Waals surface area contributed by atoms with Gasteiger partial charge < -0.3 is 9.72 Å². The summed E-state index contributed by atoms with van der Waals surface area (Å²) in [5.41, 5.74) is 2.05. The van der Waals surface area contributed by atoms with E-state index in [1.54, 1.807) is 18.4 Å². The molecule has 0 saturated heterocycles. The van der Waals surface area contributed by atoms with E-state index in [-0.39, 0.29) is 11.1 Å². The van der Waals surface area contributed by atoms with Gasteiger partial charge in [0, 0.05) is 21.0 Å². The summed E-state index contributed by atoms with van der Waals surface area (Å²) in [6.45, 7) is 2.17. The van der Waals surface area contributed by atoms with E-state index in [0.717, 1.165) is 35.5 Å². The molecule has 0 spiro atoms. The number of benzene rings is 1. The maximum Gasteiger partial charge on any atom is 0.267 e. The highest BCUT2D eigenvalue weighted by molar-refractivity contribution is 7.15. The van der Waals surface area contributed by atoms with Gasteiger partial charge in [-0.1, -0.05) is 13.3 Å². The number of thiophene rings is 1. The molecule has 5 heteroatoms. The number of nitrogens with zero attached hydrogens (tertiary/aromatic N) is 1. The van der Waals surface area contributed by atoms with Crippen LogP contribution in [0, 0.1) is 11.3 Å². The second-order valence-electron chi connectivity index (χ2n) is 6.01. The number of aryl methyl sites for hydroxylation is 1. The zero-order valence-corrected chi connectivity index (χ0v) is 15.7. The zero-order valence-electron chi connectivity index (χ0n) is 14.8. The molecule has 0 aliphatic rings. The van der Waals surface area contributed by atoms with E-state index in [4.69, 9.17) is 4.74 Å². The Morgan fingerprint density at radius 2 is 1.96 bits per heavy atom. The lowest BCUT2D eigenvalue weighted by Crippen LogP contribution is -2.12. The summed E-state index contributed by atoms with van der Waals surface area (Å²) in [7, 11) is 1.61. The lowest BCUT2D eigenvalue weighted by Gasteiger charge is -2.07. The lowest BCUT2D eigenvalue weighted by molar-refractivity contribution is 0.415. The van der Waals surface area contributed by atoms with E-state index >= 15 is 0 Å². The molecule has 2 aromatic heterocycles. The molecule has 0 atom stereocenters. The van der Waals surface area contributed by atoms with Crippen LogP contribution < -0.4 is 10.3 Å². The Morgan fingerprint density at radius 3 is 2.62 bits per heavy atom. The summed E-state index contributed by atoms with van der Waals surface area (Å²) in [4.78, 5) is 17.5. The normalized spacial score (nSPS) is 10.5. The average molecular weight is 364 g/mol. The van der Waals surface area contributed by atoms with Crippen molar-refractivity contribution in [1.82, 2.24) is 4.98 Å². The van der Waals surface area contributed by atoms with Crippen molar-refractivity contribution in [3.05, 3.63) is 63.3 Å². The molecule has 0 bridgehead atoms. The summed E-state index contributed by atoms with van der Waals surface area (Å²) in [5.74, 6) is 0.754. The molecule has 0 radical (unpaired) electrons. The van der Waals surface area contributed by atoms with Crippen LogP contribution in [0.15, 0.2) is 47.3 Å². The van der Waals surface area contributed by atoms with Crippen LogP contribution in [-0.4, -0.2) is 12.1 Å². The second kappa shape index (κ2) is 8.03. The van der Waals surface area contributed by atoms with Gasteiger partial charge in [-0.25, -0.2) is 0 Å². The first-order valence-corrected chi connectivity index (χ1v) is 9.38. The predicted molar refractivity (Wildman–Crippen MR) is 106 cm³/mol. The Morgan fingerprint density at radius 1 is 1.19 bits per heavy atom. The largest absolute Gasteiger partial charge is 0.497 e. The maximum absolute atomic E-state index is 12.4. The van der Waals surface area contributed by atoms with Gasteiger partial charge in [0.25, 0.3) is 5.56 Å². The van der Waals surface area contributed by atoms with Gasteiger partial charge in [0.15, 0.2) is 0 Å². The first-order valence-electron chi connectivity index (χ1n) is 8.57. The van der Waals surface area contributed by atoms with Crippen LogP contribution in [0.4, 0.5) is 0 Å². The number of pyridine rings is 1. The zero-order chi connectivity index (χ0) is 18.5. The predicted octanol–water partition coefficient (Wildman–Crippen LogP) is 4.99. The van der Waals surface area contributed by atoms with Gasteiger partial charge in [-0.15, -0.1) is 11.3 Å². The van der Waals surface area contributed by atoms with E-state index in [2.05, 4.69) is 24.0 Å². The Hall–Kier alpha value is -2.84. The van der Waals surface area contributed by atoms with E-state index in [0.29, 0.717) is 11.3 Å². The fraction of sp³-hybridized carbons (Fsp3) is 0.238. The smallest absolute Gasteiger partial charge is 0.267 e. The molecule has 2 heterocycles. The van der Waals surface area contributed by atoms with Crippen molar-refractivity contribution in [3.63, 3.8) is 0 Å². The number of ether oxygens (including phenoxy) is 1. The number of hydrogen-bond donors (Lipinski definition) is 1. The molecule has 3 aromatic rings. The van der Waals surface area contributed by atoms with Crippen LogP contribution in [-0.2, 0) is 6.42 Å². The van der Waals surface area contributed by atoms with Crippen molar-refractivity contribution in [2.24, 2.45) is 0 Å². The number of hydrogen-bond acceptors (Lipinski definition) is 4. The van der Waals surface area contributed by atoms with Gasteiger partial charge in [-0.3, -0.25) is 4.79 Å². The molecule has 3 rings (SSSR count). The van der Waals surface area contributed by atoms with E-state index in [9.17, 15) is 10.1 Å². The third kappa shape index (κ3) is 3.71. The van der Waals surface area contributed by atoms with Gasteiger partial charge in [-0.2, -0.15) is 5.26 Å². The van der Waals surface area contributed by atoms with Crippen molar-refractivity contribution in [2.75, 3.05) is 7.11 Å². The van der Waals surface area contributed by atoms with Gasteiger partial charge in [-0.05, 0) is 60.9 Å². The quantitative estimate of drug-likeness (QED) is 0.670. The fourth-order valence-electron chi connectivity index (χ4n) is 2.80. The van der Waals surface area contributed by atoms with Crippen LogP contribution in [0.3, 0.4) is 0 Å². The molecule has 0 aliphatic heterocycles. The number of methoxy groups -OCH3 is 1. The molecule has 1 aromatic carbocycles. The summed E-state index contributed by atoms with van der Waals surface area (Å²) in [6, 6.07) is 15.5. The molecule has 26 heavy (non-hydrogen) atoms.